The maximum atomic E-state index is 11.4. The summed E-state index contributed by atoms with van der Waals surface area (Å²) in [5.41, 5.74) is 2.02. The Morgan fingerprint density at radius 1 is 1.42 bits per heavy atom. The van der Waals surface area contributed by atoms with Crippen LogP contribution in [0.25, 0.3) is 0 Å². The number of benzene rings is 1. The Kier molecular flexibility index (Phi) is 4.83. The van der Waals surface area contributed by atoms with E-state index in [0.717, 1.165) is 30.8 Å². The van der Waals surface area contributed by atoms with Crippen molar-refractivity contribution in [3.05, 3.63) is 23.8 Å². The summed E-state index contributed by atoms with van der Waals surface area (Å²) in [7, 11) is 1.61. The highest BCUT2D eigenvalue weighted by molar-refractivity contribution is 5.90. The third kappa shape index (κ3) is 3.15. The Hall–Kier alpha value is -1.59. The second-order valence-corrected chi connectivity index (χ2v) is 7.49. The molecule has 24 heavy (non-hydrogen) atoms. The molecule has 0 radical (unpaired) electrons. The Bertz CT molecular complexity index is 615. The molecule has 3 unspecified atom stereocenters. The number of amides is 1. The molecule has 1 aliphatic carbocycles. The molecular weight excluding hydrogens is 304 g/mol. The van der Waals surface area contributed by atoms with E-state index in [4.69, 9.17) is 9.47 Å². The van der Waals surface area contributed by atoms with Gasteiger partial charge in [0.05, 0.1) is 18.9 Å². The fourth-order valence-corrected chi connectivity index (χ4v) is 4.32. The molecule has 3 rings (SSSR count). The van der Waals surface area contributed by atoms with Crippen LogP contribution in [0.1, 0.15) is 39.2 Å². The first-order valence-corrected chi connectivity index (χ1v) is 8.73. The molecule has 0 aromatic heterocycles. The predicted molar refractivity (Wildman–Crippen MR) is 94.2 cm³/mol. The van der Waals surface area contributed by atoms with Crippen molar-refractivity contribution < 1.29 is 14.3 Å². The summed E-state index contributed by atoms with van der Waals surface area (Å²) in [4.78, 5) is 11.4. The minimum Gasteiger partial charge on any atom is -0.495 e. The highest BCUT2D eigenvalue weighted by Gasteiger charge is 2.57. The molecule has 1 saturated carbocycles. The number of carbonyl (C=O) groups is 1. The van der Waals surface area contributed by atoms with E-state index in [0.29, 0.717) is 23.8 Å². The van der Waals surface area contributed by atoms with Crippen molar-refractivity contribution in [1.29, 1.82) is 0 Å². The SMILES string of the molecule is COc1ccc(CNC2C3CCCOC3C2(C)C)cc1NC(C)=O. The molecular formula is C19H28N2O3. The summed E-state index contributed by atoms with van der Waals surface area (Å²) in [6.07, 6.45) is 2.78. The molecule has 0 spiro atoms. The van der Waals surface area contributed by atoms with Crippen LogP contribution in [0.4, 0.5) is 5.69 Å². The zero-order valence-corrected chi connectivity index (χ0v) is 15.0. The molecule has 3 atom stereocenters. The fraction of sp³-hybridized carbons (Fsp3) is 0.632. The molecule has 132 valence electrons. The van der Waals surface area contributed by atoms with Crippen LogP contribution in [0.3, 0.4) is 0 Å². The van der Waals surface area contributed by atoms with Crippen LogP contribution in [0.2, 0.25) is 0 Å². The van der Waals surface area contributed by atoms with Gasteiger partial charge in [-0.05, 0) is 30.5 Å². The number of hydrogen-bond acceptors (Lipinski definition) is 4. The summed E-state index contributed by atoms with van der Waals surface area (Å²) in [6, 6.07) is 6.39. The van der Waals surface area contributed by atoms with Crippen molar-refractivity contribution in [3.63, 3.8) is 0 Å². The lowest BCUT2D eigenvalue weighted by Gasteiger charge is -2.60. The standard InChI is InChI=1S/C19H28N2O3/c1-12(22)21-15-10-13(7-8-16(15)23-4)11-20-17-14-6-5-9-24-18(14)19(17,2)3/h7-8,10,14,17-18,20H,5-6,9,11H2,1-4H3,(H,21,22). The largest absolute Gasteiger partial charge is 0.495 e. The van der Waals surface area contributed by atoms with Crippen molar-refractivity contribution in [2.45, 2.75) is 52.3 Å². The zero-order chi connectivity index (χ0) is 17.3. The van der Waals surface area contributed by atoms with Gasteiger partial charge in [0.25, 0.3) is 0 Å². The van der Waals surface area contributed by atoms with E-state index in [1.165, 1.54) is 13.3 Å². The van der Waals surface area contributed by atoms with Gasteiger partial charge in [0.1, 0.15) is 5.75 Å². The van der Waals surface area contributed by atoms with E-state index in [2.05, 4.69) is 24.5 Å². The second kappa shape index (κ2) is 6.73. The monoisotopic (exact) mass is 332 g/mol. The highest BCUT2D eigenvalue weighted by atomic mass is 16.5. The first kappa shape index (κ1) is 17.2. The van der Waals surface area contributed by atoms with Gasteiger partial charge in [0.2, 0.25) is 5.91 Å². The van der Waals surface area contributed by atoms with Crippen LogP contribution in [0, 0.1) is 11.3 Å². The number of rotatable bonds is 5. The Morgan fingerprint density at radius 2 is 2.21 bits per heavy atom. The van der Waals surface area contributed by atoms with Gasteiger partial charge >= 0.3 is 0 Å². The predicted octanol–water partition coefficient (Wildman–Crippen LogP) is 2.95. The minimum absolute atomic E-state index is 0.0965. The molecule has 2 fully saturated rings. The van der Waals surface area contributed by atoms with E-state index >= 15 is 0 Å². The third-order valence-corrected chi connectivity index (χ3v) is 5.43. The number of carbonyl (C=O) groups excluding carboxylic acids is 1. The topological polar surface area (TPSA) is 59.6 Å². The Labute approximate surface area is 144 Å². The molecule has 2 N–H and O–H groups in total. The van der Waals surface area contributed by atoms with Crippen LogP contribution in [0.15, 0.2) is 18.2 Å². The van der Waals surface area contributed by atoms with E-state index in [1.807, 2.05) is 18.2 Å². The average Bonchev–Trinajstić information content (AvgIpc) is 2.54. The van der Waals surface area contributed by atoms with E-state index in [-0.39, 0.29) is 11.3 Å². The molecule has 0 bridgehead atoms. The molecule has 5 nitrogen and oxygen atoms in total. The van der Waals surface area contributed by atoms with Crippen LogP contribution >= 0.6 is 0 Å². The van der Waals surface area contributed by atoms with Crippen molar-refractivity contribution in [2.75, 3.05) is 19.0 Å². The average molecular weight is 332 g/mol. The normalized spacial score (nSPS) is 27.8. The Balaban J connectivity index is 1.67. The highest BCUT2D eigenvalue weighted by Crippen LogP contribution is 2.51. The number of ether oxygens (including phenoxy) is 2. The van der Waals surface area contributed by atoms with Crippen molar-refractivity contribution in [3.8, 4) is 5.75 Å². The summed E-state index contributed by atoms with van der Waals surface area (Å²) in [5, 5.41) is 6.54. The summed E-state index contributed by atoms with van der Waals surface area (Å²) in [5.74, 6) is 1.20. The van der Waals surface area contributed by atoms with Gasteiger partial charge in [-0.3, -0.25) is 4.79 Å². The van der Waals surface area contributed by atoms with Gasteiger partial charge in [-0.15, -0.1) is 0 Å². The number of fused-ring (bicyclic) bond motifs is 1. The van der Waals surface area contributed by atoms with Crippen molar-refractivity contribution in [2.24, 2.45) is 11.3 Å². The van der Waals surface area contributed by atoms with Gasteiger partial charge in [0, 0.05) is 37.5 Å². The van der Waals surface area contributed by atoms with Gasteiger partial charge in [-0.1, -0.05) is 19.9 Å². The summed E-state index contributed by atoms with van der Waals surface area (Å²) in [6.45, 7) is 7.75. The van der Waals surface area contributed by atoms with Crippen LogP contribution in [0.5, 0.6) is 5.75 Å². The van der Waals surface area contributed by atoms with Gasteiger partial charge in [-0.25, -0.2) is 0 Å². The van der Waals surface area contributed by atoms with Crippen LogP contribution in [-0.4, -0.2) is 31.8 Å². The summed E-state index contributed by atoms with van der Waals surface area (Å²) >= 11 is 0. The van der Waals surface area contributed by atoms with Crippen molar-refractivity contribution in [1.82, 2.24) is 5.32 Å². The lowest BCUT2D eigenvalue weighted by atomic mass is 9.55. The summed E-state index contributed by atoms with van der Waals surface area (Å²) < 4.78 is 11.3. The number of hydrogen-bond donors (Lipinski definition) is 2. The number of methoxy groups -OCH3 is 1. The molecule has 1 amide bonds. The van der Waals surface area contributed by atoms with E-state index < -0.39 is 0 Å². The maximum absolute atomic E-state index is 11.4. The van der Waals surface area contributed by atoms with Crippen molar-refractivity contribution >= 4 is 11.6 Å². The van der Waals surface area contributed by atoms with Gasteiger partial charge in [-0.2, -0.15) is 0 Å². The molecule has 1 aliphatic heterocycles. The molecule has 1 aromatic rings. The third-order valence-electron chi connectivity index (χ3n) is 5.43. The Morgan fingerprint density at radius 3 is 2.92 bits per heavy atom. The number of anilines is 1. The maximum Gasteiger partial charge on any atom is 0.221 e. The minimum atomic E-state index is -0.0965. The second-order valence-electron chi connectivity index (χ2n) is 7.49. The molecule has 1 aromatic carbocycles. The number of nitrogens with one attached hydrogen (secondary N) is 2. The quantitative estimate of drug-likeness (QED) is 0.870. The van der Waals surface area contributed by atoms with E-state index in [9.17, 15) is 4.79 Å². The lowest BCUT2D eigenvalue weighted by Crippen LogP contribution is -2.69. The molecule has 5 heteroatoms. The van der Waals surface area contributed by atoms with Crippen LogP contribution < -0.4 is 15.4 Å². The van der Waals surface area contributed by atoms with Gasteiger partial charge < -0.3 is 20.1 Å². The molecule has 1 heterocycles. The van der Waals surface area contributed by atoms with E-state index in [1.54, 1.807) is 7.11 Å². The fourth-order valence-electron chi connectivity index (χ4n) is 4.32. The smallest absolute Gasteiger partial charge is 0.221 e. The van der Waals surface area contributed by atoms with Crippen LogP contribution in [-0.2, 0) is 16.1 Å². The molecule has 1 saturated heterocycles. The first-order valence-electron chi connectivity index (χ1n) is 8.73. The lowest BCUT2D eigenvalue weighted by molar-refractivity contribution is -0.192. The van der Waals surface area contributed by atoms with Gasteiger partial charge in [0.15, 0.2) is 0 Å². The molecule has 2 aliphatic rings. The first-order chi connectivity index (χ1) is 11.4. The zero-order valence-electron chi connectivity index (χ0n) is 15.0.